The molecule has 1 fully saturated rings. The molecule has 6 nitrogen and oxygen atoms in total. The molecule has 1 aliphatic heterocycles. The molecule has 110 valence electrons. The Labute approximate surface area is 116 Å². The highest BCUT2D eigenvalue weighted by molar-refractivity contribution is 7.91. The molecule has 1 saturated heterocycles. The zero-order chi connectivity index (χ0) is 14.8. The molecule has 8 heteroatoms. The van der Waals surface area contributed by atoms with Crippen LogP contribution in [-0.2, 0) is 16.4 Å². The molecule has 0 atom stereocenters. The smallest absolute Gasteiger partial charge is 0.170 e. The van der Waals surface area contributed by atoms with Gasteiger partial charge in [-0.15, -0.1) is 0 Å². The van der Waals surface area contributed by atoms with Gasteiger partial charge in [-0.3, -0.25) is 4.90 Å². The van der Waals surface area contributed by atoms with Gasteiger partial charge in [-0.2, -0.15) is 0 Å². The number of amidine groups is 1. The molecule has 0 radical (unpaired) electrons. The summed E-state index contributed by atoms with van der Waals surface area (Å²) in [6, 6.07) is 4.32. The molecule has 1 aliphatic rings. The van der Waals surface area contributed by atoms with Crippen LogP contribution < -0.4 is 5.73 Å². The first-order valence-corrected chi connectivity index (χ1v) is 7.92. The minimum Gasteiger partial charge on any atom is -0.409 e. The maximum Gasteiger partial charge on any atom is 0.170 e. The molecule has 0 amide bonds. The zero-order valence-corrected chi connectivity index (χ0v) is 11.6. The van der Waals surface area contributed by atoms with Crippen molar-refractivity contribution in [2.24, 2.45) is 10.9 Å². The average Bonchev–Trinajstić information content (AvgIpc) is 2.42. The number of hydrogen-bond acceptors (Lipinski definition) is 5. The van der Waals surface area contributed by atoms with Crippen molar-refractivity contribution in [3.8, 4) is 0 Å². The van der Waals surface area contributed by atoms with Crippen molar-refractivity contribution < 1.29 is 18.0 Å². The molecule has 0 aliphatic carbocycles. The quantitative estimate of drug-likeness (QED) is 0.358. The Balaban J connectivity index is 2.07. The summed E-state index contributed by atoms with van der Waals surface area (Å²) in [5.41, 5.74) is 6.14. The van der Waals surface area contributed by atoms with E-state index >= 15 is 0 Å². The van der Waals surface area contributed by atoms with Gasteiger partial charge in [-0.1, -0.05) is 17.3 Å². The molecule has 1 aromatic rings. The van der Waals surface area contributed by atoms with Crippen LogP contribution in [0.5, 0.6) is 0 Å². The summed E-state index contributed by atoms with van der Waals surface area (Å²) < 4.78 is 36.6. The van der Waals surface area contributed by atoms with Gasteiger partial charge in [0.25, 0.3) is 0 Å². The normalized spacial score (nSPS) is 19.9. The van der Waals surface area contributed by atoms with Crippen LogP contribution in [0.3, 0.4) is 0 Å². The van der Waals surface area contributed by atoms with E-state index < -0.39 is 15.7 Å². The van der Waals surface area contributed by atoms with Gasteiger partial charge in [0.2, 0.25) is 0 Å². The van der Waals surface area contributed by atoms with E-state index in [-0.39, 0.29) is 17.3 Å². The zero-order valence-electron chi connectivity index (χ0n) is 10.8. The van der Waals surface area contributed by atoms with Crippen LogP contribution >= 0.6 is 0 Å². The van der Waals surface area contributed by atoms with Crippen molar-refractivity contribution in [3.05, 3.63) is 35.1 Å². The van der Waals surface area contributed by atoms with Gasteiger partial charge in [-0.25, -0.2) is 12.8 Å². The van der Waals surface area contributed by atoms with E-state index in [1.165, 1.54) is 6.07 Å². The monoisotopic (exact) mass is 301 g/mol. The first kappa shape index (κ1) is 14.7. The predicted octanol–water partition coefficient (Wildman–Crippen LogP) is 0.151. The molecule has 0 spiro atoms. The lowest BCUT2D eigenvalue weighted by Gasteiger charge is -2.26. The van der Waals surface area contributed by atoms with Crippen LogP contribution in [0.4, 0.5) is 4.39 Å². The Morgan fingerprint density at radius 3 is 2.60 bits per heavy atom. The van der Waals surface area contributed by atoms with Crippen LogP contribution in [-0.4, -0.2) is 49.0 Å². The number of nitrogens with zero attached hydrogens (tertiary/aromatic N) is 2. The van der Waals surface area contributed by atoms with Crippen molar-refractivity contribution in [2.75, 3.05) is 24.6 Å². The van der Waals surface area contributed by atoms with Gasteiger partial charge in [0.05, 0.1) is 11.5 Å². The highest BCUT2D eigenvalue weighted by Crippen LogP contribution is 2.15. The standard InChI is InChI=1S/C12H16FN3O3S/c13-11-7-9(12(14)15-17)1-2-10(11)8-16-3-5-20(18,19)6-4-16/h1-2,7,17H,3-6,8H2,(H2,14,15). The van der Waals surface area contributed by atoms with Crippen LogP contribution in [0.25, 0.3) is 0 Å². The largest absolute Gasteiger partial charge is 0.409 e. The fourth-order valence-electron chi connectivity index (χ4n) is 2.04. The number of benzene rings is 1. The Hall–Kier alpha value is -1.67. The number of hydrogen-bond donors (Lipinski definition) is 2. The molecule has 2 rings (SSSR count). The number of halogens is 1. The molecule has 1 aromatic carbocycles. The maximum absolute atomic E-state index is 13.9. The third-order valence-corrected chi connectivity index (χ3v) is 4.90. The topological polar surface area (TPSA) is 96.0 Å². The second kappa shape index (κ2) is 5.76. The molecule has 3 N–H and O–H groups in total. The minimum absolute atomic E-state index is 0.108. The number of oxime groups is 1. The van der Waals surface area contributed by atoms with Gasteiger partial charge in [-0.05, 0) is 6.07 Å². The van der Waals surface area contributed by atoms with Gasteiger partial charge in [0.15, 0.2) is 15.7 Å². The Morgan fingerprint density at radius 1 is 1.40 bits per heavy atom. The van der Waals surface area contributed by atoms with E-state index in [2.05, 4.69) is 5.16 Å². The molecule has 0 unspecified atom stereocenters. The summed E-state index contributed by atoms with van der Waals surface area (Å²) >= 11 is 0. The van der Waals surface area contributed by atoms with E-state index in [1.54, 1.807) is 12.1 Å². The van der Waals surface area contributed by atoms with Crippen LogP contribution in [0, 0.1) is 5.82 Å². The summed E-state index contributed by atoms with van der Waals surface area (Å²) in [7, 11) is -2.93. The summed E-state index contributed by atoms with van der Waals surface area (Å²) in [5.74, 6) is -0.393. The molecule has 1 heterocycles. The van der Waals surface area contributed by atoms with E-state index in [9.17, 15) is 12.8 Å². The van der Waals surface area contributed by atoms with Gasteiger partial charge in [0, 0.05) is 30.8 Å². The van der Waals surface area contributed by atoms with E-state index in [0.717, 1.165) is 0 Å². The maximum atomic E-state index is 13.9. The number of rotatable bonds is 3. The third-order valence-electron chi connectivity index (χ3n) is 3.29. The lowest BCUT2D eigenvalue weighted by Crippen LogP contribution is -2.39. The Bertz CT molecular complexity index is 617. The molecule has 0 bridgehead atoms. The fourth-order valence-corrected chi connectivity index (χ4v) is 3.32. The van der Waals surface area contributed by atoms with Crippen molar-refractivity contribution in [2.45, 2.75) is 6.54 Å². The van der Waals surface area contributed by atoms with E-state index in [0.29, 0.717) is 30.8 Å². The molecular weight excluding hydrogens is 285 g/mol. The SMILES string of the molecule is N/C(=N\O)c1ccc(CN2CCS(=O)(=O)CC2)c(F)c1. The number of sulfone groups is 1. The molecule has 20 heavy (non-hydrogen) atoms. The number of nitrogens with two attached hydrogens (primary N) is 1. The second-order valence-electron chi connectivity index (χ2n) is 4.72. The van der Waals surface area contributed by atoms with Crippen molar-refractivity contribution in [3.63, 3.8) is 0 Å². The third kappa shape index (κ3) is 3.45. The summed E-state index contributed by atoms with van der Waals surface area (Å²) in [6.45, 7) is 1.16. The van der Waals surface area contributed by atoms with E-state index in [4.69, 9.17) is 10.9 Å². The molecular formula is C12H16FN3O3S. The highest BCUT2D eigenvalue weighted by atomic mass is 32.2. The predicted molar refractivity (Wildman–Crippen MR) is 72.8 cm³/mol. The molecule has 0 aromatic heterocycles. The van der Waals surface area contributed by atoms with Gasteiger partial charge < -0.3 is 10.9 Å². The second-order valence-corrected chi connectivity index (χ2v) is 7.02. The van der Waals surface area contributed by atoms with Crippen molar-refractivity contribution in [1.29, 1.82) is 0 Å². The summed E-state index contributed by atoms with van der Waals surface area (Å²) in [4.78, 5) is 1.89. The Morgan fingerprint density at radius 2 is 2.05 bits per heavy atom. The minimum atomic E-state index is -2.93. The summed E-state index contributed by atoms with van der Waals surface area (Å²) in [5, 5.41) is 11.3. The first-order valence-electron chi connectivity index (χ1n) is 6.10. The molecule has 0 saturated carbocycles. The summed E-state index contributed by atoms with van der Waals surface area (Å²) in [6.07, 6.45) is 0. The Kier molecular flexibility index (Phi) is 4.24. The first-order chi connectivity index (χ1) is 9.41. The van der Waals surface area contributed by atoms with E-state index in [1.807, 2.05) is 4.90 Å². The lowest BCUT2D eigenvalue weighted by molar-refractivity contribution is 0.283. The lowest BCUT2D eigenvalue weighted by atomic mass is 10.1. The highest BCUT2D eigenvalue weighted by Gasteiger charge is 2.22. The van der Waals surface area contributed by atoms with Gasteiger partial charge in [0.1, 0.15) is 5.82 Å². The fraction of sp³-hybridized carbons (Fsp3) is 0.417. The van der Waals surface area contributed by atoms with Crippen LogP contribution in [0.2, 0.25) is 0 Å². The van der Waals surface area contributed by atoms with Gasteiger partial charge >= 0.3 is 0 Å². The van der Waals surface area contributed by atoms with Crippen molar-refractivity contribution in [1.82, 2.24) is 4.90 Å². The van der Waals surface area contributed by atoms with Crippen molar-refractivity contribution >= 4 is 15.7 Å². The van der Waals surface area contributed by atoms with Crippen LogP contribution in [0.1, 0.15) is 11.1 Å². The van der Waals surface area contributed by atoms with Crippen LogP contribution in [0.15, 0.2) is 23.4 Å². The average molecular weight is 301 g/mol.